The Bertz CT molecular complexity index is 397. The molecule has 2 unspecified atom stereocenters. The minimum absolute atomic E-state index is 0.550. The third-order valence-electron chi connectivity index (χ3n) is 3.24. The molecule has 2 N–H and O–H groups in total. The van der Waals surface area contributed by atoms with Crippen molar-refractivity contribution in [1.29, 1.82) is 0 Å². The SMILES string of the molecule is CCSC1CCCC1Nc1cc(C)nc(NC)n1. The fraction of sp³-hybridized carbons (Fsp3) is 0.692. The molecule has 1 aromatic heterocycles. The molecule has 0 bridgehead atoms. The van der Waals surface area contributed by atoms with E-state index in [1.807, 2.05) is 20.0 Å². The van der Waals surface area contributed by atoms with Crippen LogP contribution in [0.15, 0.2) is 6.07 Å². The van der Waals surface area contributed by atoms with Gasteiger partial charge in [-0.25, -0.2) is 4.98 Å². The largest absolute Gasteiger partial charge is 0.366 e. The van der Waals surface area contributed by atoms with Crippen LogP contribution in [0.25, 0.3) is 0 Å². The second-order valence-electron chi connectivity index (χ2n) is 4.64. The maximum Gasteiger partial charge on any atom is 0.224 e. The number of nitrogens with one attached hydrogen (secondary N) is 2. The summed E-state index contributed by atoms with van der Waals surface area (Å²) in [5, 5.41) is 7.31. The van der Waals surface area contributed by atoms with Gasteiger partial charge in [-0.2, -0.15) is 16.7 Å². The Hall–Kier alpha value is -0.970. The maximum atomic E-state index is 4.47. The van der Waals surface area contributed by atoms with E-state index in [1.54, 1.807) is 0 Å². The number of rotatable bonds is 5. The molecule has 1 aromatic rings. The smallest absolute Gasteiger partial charge is 0.224 e. The first-order chi connectivity index (χ1) is 8.72. The zero-order chi connectivity index (χ0) is 13.0. The lowest BCUT2D eigenvalue weighted by molar-refractivity contribution is 0.761. The average Bonchev–Trinajstić information content (AvgIpc) is 2.76. The summed E-state index contributed by atoms with van der Waals surface area (Å²) in [5.41, 5.74) is 0.995. The molecule has 1 heterocycles. The Morgan fingerprint density at radius 1 is 1.39 bits per heavy atom. The van der Waals surface area contributed by atoms with Crippen molar-refractivity contribution < 1.29 is 0 Å². The second kappa shape index (κ2) is 6.27. The van der Waals surface area contributed by atoms with E-state index in [9.17, 15) is 0 Å². The van der Waals surface area contributed by atoms with Gasteiger partial charge in [0.1, 0.15) is 5.82 Å². The lowest BCUT2D eigenvalue weighted by Gasteiger charge is -2.21. The molecule has 0 aliphatic heterocycles. The second-order valence-corrected chi connectivity index (χ2v) is 6.16. The minimum Gasteiger partial charge on any atom is -0.366 e. The van der Waals surface area contributed by atoms with Crippen LogP contribution in [0.2, 0.25) is 0 Å². The minimum atomic E-state index is 0.550. The molecule has 100 valence electrons. The predicted octanol–water partition coefficient (Wildman–Crippen LogP) is 2.91. The molecule has 0 amide bonds. The van der Waals surface area contributed by atoms with Gasteiger partial charge < -0.3 is 10.6 Å². The molecule has 1 fully saturated rings. The van der Waals surface area contributed by atoms with Crippen molar-refractivity contribution in [2.45, 2.75) is 44.4 Å². The highest BCUT2D eigenvalue weighted by atomic mass is 32.2. The van der Waals surface area contributed by atoms with Crippen LogP contribution in [-0.4, -0.2) is 34.1 Å². The molecule has 1 saturated carbocycles. The summed E-state index contributed by atoms with van der Waals surface area (Å²) in [4.78, 5) is 8.78. The molecule has 18 heavy (non-hydrogen) atoms. The molecule has 4 nitrogen and oxygen atoms in total. The van der Waals surface area contributed by atoms with Gasteiger partial charge in [0.25, 0.3) is 0 Å². The van der Waals surface area contributed by atoms with E-state index in [0.29, 0.717) is 12.0 Å². The van der Waals surface area contributed by atoms with Gasteiger partial charge in [-0.1, -0.05) is 13.3 Å². The summed E-state index contributed by atoms with van der Waals surface area (Å²) >= 11 is 2.06. The molecule has 1 aliphatic rings. The number of anilines is 2. The van der Waals surface area contributed by atoms with Crippen LogP contribution in [0.3, 0.4) is 0 Å². The van der Waals surface area contributed by atoms with Crippen LogP contribution in [0.1, 0.15) is 31.9 Å². The van der Waals surface area contributed by atoms with Crippen molar-refractivity contribution in [2.24, 2.45) is 0 Å². The Labute approximate surface area is 113 Å². The molecule has 2 atom stereocenters. The highest BCUT2D eigenvalue weighted by Crippen LogP contribution is 2.31. The highest BCUT2D eigenvalue weighted by molar-refractivity contribution is 7.99. The van der Waals surface area contributed by atoms with Crippen LogP contribution in [-0.2, 0) is 0 Å². The molecule has 0 radical (unpaired) electrons. The highest BCUT2D eigenvalue weighted by Gasteiger charge is 2.27. The summed E-state index contributed by atoms with van der Waals surface area (Å²) in [5.74, 6) is 2.82. The van der Waals surface area contributed by atoms with Crippen LogP contribution in [0.4, 0.5) is 11.8 Å². The van der Waals surface area contributed by atoms with Crippen molar-refractivity contribution in [2.75, 3.05) is 23.4 Å². The first kappa shape index (κ1) is 13.5. The van der Waals surface area contributed by atoms with Gasteiger partial charge in [0, 0.05) is 30.1 Å². The van der Waals surface area contributed by atoms with Crippen molar-refractivity contribution in [3.05, 3.63) is 11.8 Å². The summed E-state index contributed by atoms with van der Waals surface area (Å²) in [6, 6.07) is 2.57. The molecular formula is C13H22N4S. The molecule has 0 saturated heterocycles. The van der Waals surface area contributed by atoms with Gasteiger partial charge in [0.05, 0.1) is 0 Å². The van der Waals surface area contributed by atoms with Crippen molar-refractivity contribution in [3.8, 4) is 0 Å². The summed E-state index contributed by atoms with van der Waals surface area (Å²) in [6.45, 7) is 4.23. The molecule has 5 heteroatoms. The van der Waals surface area contributed by atoms with Gasteiger partial charge in [-0.15, -0.1) is 0 Å². The molecule has 1 aliphatic carbocycles. The number of hydrogen-bond donors (Lipinski definition) is 2. The summed E-state index contributed by atoms with van der Waals surface area (Å²) < 4.78 is 0. The molecule has 0 spiro atoms. The van der Waals surface area contributed by atoms with Gasteiger partial charge in [0.15, 0.2) is 0 Å². The standard InChI is InChI=1S/C13H22N4S/c1-4-18-11-7-5-6-10(11)16-12-8-9(2)15-13(14-3)17-12/h8,10-11H,4-7H2,1-3H3,(H2,14,15,16,17). The average molecular weight is 266 g/mol. The third-order valence-corrected chi connectivity index (χ3v) is 4.57. The van der Waals surface area contributed by atoms with E-state index in [4.69, 9.17) is 0 Å². The Morgan fingerprint density at radius 3 is 2.94 bits per heavy atom. The predicted molar refractivity (Wildman–Crippen MR) is 79.5 cm³/mol. The van der Waals surface area contributed by atoms with E-state index in [2.05, 4.69) is 39.3 Å². The first-order valence-electron chi connectivity index (χ1n) is 6.64. The van der Waals surface area contributed by atoms with Crippen LogP contribution in [0, 0.1) is 6.92 Å². The maximum absolute atomic E-state index is 4.47. The topological polar surface area (TPSA) is 49.8 Å². The van der Waals surface area contributed by atoms with Crippen molar-refractivity contribution in [3.63, 3.8) is 0 Å². The monoisotopic (exact) mass is 266 g/mol. The van der Waals surface area contributed by atoms with Crippen LogP contribution < -0.4 is 10.6 Å². The molecule has 2 rings (SSSR count). The normalized spacial score (nSPS) is 23.1. The van der Waals surface area contributed by atoms with Gasteiger partial charge in [-0.3, -0.25) is 0 Å². The van der Waals surface area contributed by atoms with Gasteiger partial charge >= 0.3 is 0 Å². The zero-order valence-corrected chi connectivity index (χ0v) is 12.2. The van der Waals surface area contributed by atoms with Gasteiger partial charge in [-0.05, 0) is 25.5 Å². The number of aryl methyl sites for hydroxylation is 1. The number of aromatic nitrogens is 2. The number of thioether (sulfide) groups is 1. The number of nitrogens with zero attached hydrogens (tertiary/aromatic N) is 2. The van der Waals surface area contributed by atoms with E-state index >= 15 is 0 Å². The van der Waals surface area contributed by atoms with Crippen molar-refractivity contribution >= 4 is 23.5 Å². The van der Waals surface area contributed by atoms with E-state index < -0.39 is 0 Å². The van der Waals surface area contributed by atoms with Crippen LogP contribution >= 0.6 is 11.8 Å². The van der Waals surface area contributed by atoms with E-state index in [1.165, 1.54) is 25.0 Å². The van der Waals surface area contributed by atoms with Crippen LogP contribution in [0.5, 0.6) is 0 Å². The van der Waals surface area contributed by atoms with E-state index in [-0.39, 0.29) is 0 Å². The zero-order valence-electron chi connectivity index (χ0n) is 11.4. The quantitative estimate of drug-likeness (QED) is 0.858. The lowest BCUT2D eigenvalue weighted by Crippen LogP contribution is -2.26. The molecule has 0 aromatic carbocycles. The fourth-order valence-corrected chi connectivity index (χ4v) is 3.65. The summed E-state index contributed by atoms with van der Waals surface area (Å²) in [7, 11) is 1.85. The first-order valence-corrected chi connectivity index (χ1v) is 7.69. The third kappa shape index (κ3) is 3.28. The summed E-state index contributed by atoms with van der Waals surface area (Å²) in [6.07, 6.45) is 3.88. The number of hydrogen-bond acceptors (Lipinski definition) is 5. The fourth-order valence-electron chi connectivity index (χ4n) is 2.45. The van der Waals surface area contributed by atoms with Crippen molar-refractivity contribution in [1.82, 2.24) is 9.97 Å². The Kier molecular flexibility index (Phi) is 4.69. The van der Waals surface area contributed by atoms with E-state index in [0.717, 1.165) is 16.8 Å². The molecular weight excluding hydrogens is 244 g/mol. The Balaban J connectivity index is 2.06. The Morgan fingerprint density at radius 2 is 2.22 bits per heavy atom. The van der Waals surface area contributed by atoms with Gasteiger partial charge in [0.2, 0.25) is 5.95 Å². The lowest BCUT2D eigenvalue weighted by atomic mass is 10.2.